The molecule has 1 heterocycles. The maximum atomic E-state index is 12.8. The van der Waals surface area contributed by atoms with E-state index < -0.39 is 0 Å². The van der Waals surface area contributed by atoms with Gasteiger partial charge in [-0.15, -0.1) is 0 Å². The molecule has 28 heavy (non-hydrogen) atoms. The highest BCUT2D eigenvalue weighted by atomic mass is 16.5. The Morgan fingerprint density at radius 2 is 1.79 bits per heavy atom. The summed E-state index contributed by atoms with van der Waals surface area (Å²) < 4.78 is 5.57. The van der Waals surface area contributed by atoms with Crippen molar-refractivity contribution in [3.8, 4) is 5.75 Å². The molecule has 6 heteroatoms. The normalized spacial score (nSPS) is 10.4. The van der Waals surface area contributed by atoms with Crippen molar-refractivity contribution in [2.45, 2.75) is 20.4 Å². The first-order valence-electron chi connectivity index (χ1n) is 9.20. The van der Waals surface area contributed by atoms with Crippen molar-refractivity contribution in [3.05, 3.63) is 77.7 Å². The standard InChI is InChI=1S/C22H24N4O2/c1-4-28-20-13-9-8-12-18(20)25-22(27)19-14-21(24-16(2)23-19)26(3)15-17-10-6-5-7-11-17/h5-14H,4,15H2,1-3H3,(H,25,27). The van der Waals surface area contributed by atoms with Gasteiger partial charge in [-0.25, -0.2) is 9.97 Å². The third-order valence-electron chi connectivity index (χ3n) is 4.15. The van der Waals surface area contributed by atoms with Crippen LogP contribution in [0.15, 0.2) is 60.7 Å². The topological polar surface area (TPSA) is 67.3 Å². The van der Waals surface area contributed by atoms with E-state index in [1.165, 1.54) is 0 Å². The minimum atomic E-state index is -0.299. The van der Waals surface area contributed by atoms with Gasteiger partial charge >= 0.3 is 0 Å². The van der Waals surface area contributed by atoms with Gasteiger partial charge < -0.3 is 15.0 Å². The molecule has 0 fully saturated rings. The van der Waals surface area contributed by atoms with Crippen LogP contribution in [0, 0.1) is 6.92 Å². The van der Waals surface area contributed by atoms with Gasteiger partial charge in [0.05, 0.1) is 12.3 Å². The number of nitrogens with zero attached hydrogens (tertiary/aromatic N) is 3. The molecule has 1 amide bonds. The molecular formula is C22H24N4O2. The maximum absolute atomic E-state index is 12.8. The Morgan fingerprint density at radius 3 is 2.54 bits per heavy atom. The minimum Gasteiger partial charge on any atom is -0.492 e. The van der Waals surface area contributed by atoms with Crippen molar-refractivity contribution < 1.29 is 9.53 Å². The van der Waals surface area contributed by atoms with E-state index >= 15 is 0 Å². The van der Waals surface area contributed by atoms with Gasteiger partial charge in [0.25, 0.3) is 5.91 Å². The van der Waals surface area contributed by atoms with Crippen LogP contribution in [0.3, 0.4) is 0 Å². The second-order valence-corrected chi connectivity index (χ2v) is 6.38. The van der Waals surface area contributed by atoms with Gasteiger partial charge in [-0.1, -0.05) is 42.5 Å². The highest BCUT2D eigenvalue weighted by Gasteiger charge is 2.15. The van der Waals surface area contributed by atoms with Gasteiger partial charge in [0, 0.05) is 19.7 Å². The summed E-state index contributed by atoms with van der Waals surface area (Å²) in [7, 11) is 1.95. The molecule has 0 radical (unpaired) electrons. The summed E-state index contributed by atoms with van der Waals surface area (Å²) in [6.07, 6.45) is 0. The predicted molar refractivity (Wildman–Crippen MR) is 111 cm³/mol. The lowest BCUT2D eigenvalue weighted by Crippen LogP contribution is -2.21. The minimum absolute atomic E-state index is 0.299. The fourth-order valence-electron chi connectivity index (χ4n) is 2.84. The lowest BCUT2D eigenvalue weighted by Gasteiger charge is -2.19. The summed E-state index contributed by atoms with van der Waals surface area (Å²) in [4.78, 5) is 23.6. The summed E-state index contributed by atoms with van der Waals surface area (Å²) in [6.45, 7) is 4.89. The average Bonchev–Trinajstić information content (AvgIpc) is 2.70. The molecule has 0 bridgehead atoms. The van der Waals surface area contributed by atoms with Crippen molar-refractivity contribution in [1.29, 1.82) is 0 Å². The van der Waals surface area contributed by atoms with Crippen LogP contribution >= 0.6 is 0 Å². The van der Waals surface area contributed by atoms with Crippen molar-refractivity contribution in [2.75, 3.05) is 23.9 Å². The third-order valence-corrected chi connectivity index (χ3v) is 4.15. The zero-order chi connectivity index (χ0) is 19.9. The van der Waals surface area contributed by atoms with E-state index in [2.05, 4.69) is 27.4 Å². The SMILES string of the molecule is CCOc1ccccc1NC(=O)c1cc(N(C)Cc2ccccc2)nc(C)n1. The molecule has 0 spiro atoms. The number of para-hydroxylation sites is 2. The average molecular weight is 376 g/mol. The van der Waals surface area contributed by atoms with E-state index in [9.17, 15) is 4.79 Å². The molecule has 1 N–H and O–H groups in total. The summed E-state index contributed by atoms with van der Waals surface area (Å²) in [5, 5.41) is 2.88. The zero-order valence-electron chi connectivity index (χ0n) is 16.3. The zero-order valence-corrected chi connectivity index (χ0v) is 16.3. The number of hydrogen-bond donors (Lipinski definition) is 1. The summed E-state index contributed by atoms with van der Waals surface area (Å²) in [5.41, 5.74) is 2.09. The Kier molecular flexibility index (Phi) is 6.22. The fraction of sp³-hybridized carbons (Fsp3) is 0.227. The first-order chi connectivity index (χ1) is 13.6. The monoisotopic (exact) mass is 376 g/mol. The van der Waals surface area contributed by atoms with Gasteiger partial charge in [-0.3, -0.25) is 4.79 Å². The Balaban J connectivity index is 1.80. The Bertz CT molecular complexity index is 944. The molecule has 0 saturated carbocycles. The number of rotatable bonds is 7. The number of ether oxygens (including phenoxy) is 1. The molecule has 0 saturated heterocycles. The van der Waals surface area contributed by atoms with Gasteiger partial charge in [0.1, 0.15) is 23.1 Å². The van der Waals surface area contributed by atoms with E-state index in [1.54, 1.807) is 19.1 Å². The van der Waals surface area contributed by atoms with Crippen molar-refractivity contribution in [1.82, 2.24) is 9.97 Å². The van der Waals surface area contributed by atoms with Crippen molar-refractivity contribution in [2.24, 2.45) is 0 Å². The van der Waals surface area contributed by atoms with Crippen molar-refractivity contribution in [3.63, 3.8) is 0 Å². The van der Waals surface area contributed by atoms with E-state index in [0.717, 1.165) is 5.56 Å². The first-order valence-corrected chi connectivity index (χ1v) is 9.20. The van der Waals surface area contributed by atoms with Crippen molar-refractivity contribution >= 4 is 17.4 Å². The second kappa shape index (κ2) is 8.99. The number of amides is 1. The number of hydrogen-bond acceptors (Lipinski definition) is 5. The molecule has 1 aromatic heterocycles. The molecule has 0 unspecified atom stereocenters. The Hall–Kier alpha value is -3.41. The largest absolute Gasteiger partial charge is 0.492 e. The number of carbonyl (C=O) groups is 1. The smallest absolute Gasteiger partial charge is 0.274 e. The number of aryl methyl sites for hydroxylation is 1. The van der Waals surface area contributed by atoms with Crippen LogP contribution < -0.4 is 15.0 Å². The number of aromatic nitrogens is 2. The second-order valence-electron chi connectivity index (χ2n) is 6.38. The summed E-state index contributed by atoms with van der Waals surface area (Å²) in [6, 6.07) is 19.2. The van der Waals surface area contributed by atoms with E-state index in [1.807, 2.05) is 55.3 Å². The van der Waals surface area contributed by atoms with Crippen LogP contribution in [-0.4, -0.2) is 29.5 Å². The number of carbonyl (C=O) groups excluding carboxylic acids is 1. The molecule has 0 aliphatic rings. The quantitative estimate of drug-likeness (QED) is 0.673. The lowest BCUT2D eigenvalue weighted by atomic mass is 10.2. The highest BCUT2D eigenvalue weighted by molar-refractivity contribution is 6.04. The molecule has 0 aliphatic heterocycles. The van der Waals surface area contributed by atoms with Crippen LogP contribution in [0.5, 0.6) is 5.75 Å². The van der Waals surface area contributed by atoms with E-state index in [4.69, 9.17) is 4.74 Å². The van der Waals surface area contributed by atoms with Gasteiger partial charge in [-0.05, 0) is 31.5 Å². The van der Waals surface area contributed by atoms with Crippen LogP contribution in [0.4, 0.5) is 11.5 Å². The van der Waals surface area contributed by atoms with Crippen LogP contribution in [-0.2, 0) is 6.54 Å². The fourth-order valence-corrected chi connectivity index (χ4v) is 2.84. The van der Waals surface area contributed by atoms with E-state index in [-0.39, 0.29) is 5.91 Å². The summed E-state index contributed by atoms with van der Waals surface area (Å²) >= 11 is 0. The molecule has 6 nitrogen and oxygen atoms in total. The number of benzene rings is 2. The van der Waals surface area contributed by atoms with Crippen LogP contribution in [0.25, 0.3) is 0 Å². The Labute approximate surface area is 165 Å². The van der Waals surface area contributed by atoms with Gasteiger partial charge in [-0.2, -0.15) is 0 Å². The molecule has 2 aromatic carbocycles. The molecule has 144 valence electrons. The maximum Gasteiger partial charge on any atom is 0.274 e. The molecule has 0 atom stereocenters. The highest BCUT2D eigenvalue weighted by Crippen LogP contribution is 2.24. The number of anilines is 2. The van der Waals surface area contributed by atoms with Crippen LogP contribution in [0.2, 0.25) is 0 Å². The lowest BCUT2D eigenvalue weighted by molar-refractivity contribution is 0.102. The van der Waals surface area contributed by atoms with Crippen LogP contribution in [0.1, 0.15) is 28.8 Å². The molecular weight excluding hydrogens is 352 g/mol. The van der Waals surface area contributed by atoms with Gasteiger partial charge in [0.2, 0.25) is 0 Å². The predicted octanol–water partition coefficient (Wildman–Crippen LogP) is 4.07. The molecule has 3 aromatic rings. The third kappa shape index (κ3) is 4.85. The summed E-state index contributed by atoms with van der Waals surface area (Å²) in [5.74, 6) is 1.57. The molecule has 0 aliphatic carbocycles. The number of nitrogens with one attached hydrogen (secondary N) is 1. The van der Waals surface area contributed by atoms with Gasteiger partial charge in [0.15, 0.2) is 0 Å². The Morgan fingerprint density at radius 1 is 1.07 bits per heavy atom. The first kappa shape index (κ1) is 19.4. The molecule has 3 rings (SSSR count). The van der Waals surface area contributed by atoms with E-state index in [0.29, 0.717) is 41.9 Å².